The van der Waals surface area contributed by atoms with Crippen LogP contribution in [0.5, 0.6) is 0 Å². The van der Waals surface area contributed by atoms with E-state index in [4.69, 9.17) is 0 Å². The van der Waals surface area contributed by atoms with Crippen LogP contribution in [0.3, 0.4) is 0 Å². The molecule has 0 aliphatic heterocycles. The van der Waals surface area contributed by atoms with Gasteiger partial charge in [-0.1, -0.05) is 24.3 Å². The van der Waals surface area contributed by atoms with Gasteiger partial charge < -0.3 is 0 Å². The van der Waals surface area contributed by atoms with Crippen LogP contribution in [0.2, 0.25) is 0 Å². The minimum absolute atomic E-state index is 0.131. The van der Waals surface area contributed by atoms with Crippen molar-refractivity contribution in [3.8, 4) is 11.3 Å². The molecule has 104 valence electrons. The number of ketones is 1. The highest BCUT2D eigenvalue weighted by Gasteiger charge is 2.39. The van der Waals surface area contributed by atoms with Gasteiger partial charge in [0.25, 0.3) is 11.6 Å². The number of alkyl halides is 3. The summed E-state index contributed by atoms with van der Waals surface area (Å²) in [6.45, 7) is 0. The Balaban J connectivity index is 2.05. The zero-order valence-electron chi connectivity index (χ0n) is 10.1. The van der Waals surface area contributed by atoms with Gasteiger partial charge in [0.15, 0.2) is 5.69 Å². The number of aromatic nitrogens is 5. The van der Waals surface area contributed by atoms with E-state index in [-0.39, 0.29) is 17.2 Å². The normalized spacial score (nSPS) is 13.6. The molecule has 1 aliphatic carbocycles. The molecule has 0 saturated heterocycles. The number of hydrogen-bond acceptors (Lipinski definition) is 5. The van der Waals surface area contributed by atoms with Crippen LogP contribution in [0.1, 0.15) is 21.9 Å². The summed E-state index contributed by atoms with van der Waals surface area (Å²) in [5.74, 6) is -2.07. The molecule has 1 aliphatic rings. The molecular weight excluding hydrogens is 287 g/mol. The molecule has 0 fully saturated rings. The molecular formula is C12H4F3N5O. The Morgan fingerprint density at radius 3 is 2.43 bits per heavy atom. The largest absolute Gasteiger partial charge is 0.453 e. The van der Waals surface area contributed by atoms with Crippen molar-refractivity contribution in [1.29, 1.82) is 0 Å². The first-order valence-corrected chi connectivity index (χ1v) is 5.81. The van der Waals surface area contributed by atoms with Crippen LogP contribution in [0.25, 0.3) is 17.0 Å². The van der Waals surface area contributed by atoms with Crippen LogP contribution in [-0.2, 0) is 6.18 Å². The molecule has 0 saturated carbocycles. The Morgan fingerprint density at radius 1 is 1.00 bits per heavy atom. The van der Waals surface area contributed by atoms with Gasteiger partial charge in [-0.05, 0) is 0 Å². The maximum atomic E-state index is 12.8. The van der Waals surface area contributed by atoms with E-state index in [0.717, 1.165) is 0 Å². The van der Waals surface area contributed by atoms with E-state index in [2.05, 4.69) is 20.3 Å². The molecule has 0 bridgehead atoms. The van der Waals surface area contributed by atoms with Crippen LogP contribution >= 0.6 is 0 Å². The lowest BCUT2D eigenvalue weighted by Crippen LogP contribution is -2.14. The van der Waals surface area contributed by atoms with Gasteiger partial charge in [-0.2, -0.15) is 22.8 Å². The summed E-state index contributed by atoms with van der Waals surface area (Å²) < 4.78 is 38.8. The molecule has 21 heavy (non-hydrogen) atoms. The second kappa shape index (κ2) is 3.62. The SMILES string of the molecule is O=C1c2ccccc2-c2nc3nnc(C(F)(F)F)n3nc21. The average Bonchev–Trinajstić information content (AvgIpc) is 2.98. The monoisotopic (exact) mass is 291 g/mol. The highest BCUT2D eigenvalue weighted by Crippen LogP contribution is 2.34. The summed E-state index contributed by atoms with van der Waals surface area (Å²) in [4.78, 5) is 16.2. The van der Waals surface area contributed by atoms with Crippen LogP contribution in [-0.4, -0.2) is 30.6 Å². The van der Waals surface area contributed by atoms with E-state index in [1.165, 1.54) is 0 Å². The van der Waals surface area contributed by atoms with E-state index in [1.54, 1.807) is 24.3 Å². The summed E-state index contributed by atoms with van der Waals surface area (Å²) in [6.07, 6.45) is -4.73. The Morgan fingerprint density at radius 2 is 1.71 bits per heavy atom. The van der Waals surface area contributed by atoms with Gasteiger partial charge >= 0.3 is 6.18 Å². The van der Waals surface area contributed by atoms with E-state index >= 15 is 0 Å². The smallest absolute Gasteiger partial charge is 0.287 e. The Hall–Kier alpha value is -2.84. The van der Waals surface area contributed by atoms with Crippen molar-refractivity contribution >= 4 is 11.6 Å². The van der Waals surface area contributed by atoms with Gasteiger partial charge in [-0.25, -0.2) is 4.98 Å². The number of halogens is 3. The molecule has 6 nitrogen and oxygen atoms in total. The Bertz CT molecular complexity index is 915. The standard InChI is InChI=1S/C12H4F3N5O/c13-12(14,15)10-17-18-11-16-7-5-3-1-2-4-6(5)9(21)8(7)19-20(10)11/h1-4H. The molecule has 0 amide bonds. The van der Waals surface area contributed by atoms with Crippen LogP contribution in [0, 0.1) is 0 Å². The molecule has 4 rings (SSSR count). The number of rotatable bonds is 0. The number of carbonyl (C=O) groups excluding carboxylic acids is 1. The van der Waals surface area contributed by atoms with Crippen molar-refractivity contribution in [2.24, 2.45) is 0 Å². The zero-order valence-corrected chi connectivity index (χ0v) is 10.1. The summed E-state index contributed by atoms with van der Waals surface area (Å²) in [5, 5.41) is 10.1. The van der Waals surface area contributed by atoms with Crippen molar-refractivity contribution in [2.75, 3.05) is 0 Å². The highest BCUT2D eigenvalue weighted by atomic mass is 19.4. The third-order valence-electron chi connectivity index (χ3n) is 3.16. The third-order valence-corrected chi connectivity index (χ3v) is 3.16. The molecule has 2 heterocycles. The molecule has 3 aromatic rings. The molecule has 0 unspecified atom stereocenters. The molecule has 1 aromatic carbocycles. The second-order valence-electron chi connectivity index (χ2n) is 4.42. The fourth-order valence-electron chi connectivity index (χ4n) is 2.27. The molecule has 0 atom stereocenters. The molecule has 2 aromatic heterocycles. The van der Waals surface area contributed by atoms with Gasteiger partial charge in [-0.3, -0.25) is 4.79 Å². The average molecular weight is 291 g/mol. The van der Waals surface area contributed by atoms with Crippen LogP contribution in [0.4, 0.5) is 13.2 Å². The van der Waals surface area contributed by atoms with Crippen molar-refractivity contribution in [2.45, 2.75) is 6.18 Å². The maximum Gasteiger partial charge on any atom is 0.453 e. The maximum absolute atomic E-state index is 12.8. The summed E-state index contributed by atoms with van der Waals surface area (Å²) in [6, 6.07) is 6.60. The van der Waals surface area contributed by atoms with Crippen molar-refractivity contribution in [3.05, 3.63) is 41.3 Å². The molecule has 0 spiro atoms. The number of hydrogen-bond donors (Lipinski definition) is 0. The fraction of sp³-hybridized carbons (Fsp3) is 0.0833. The first-order chi connectivity index (χ1) is 9.97. The predicted molar refractivity (Wildman–Crippen MR) is 62.4 cm³/mol. The molecule has 0 N–H and O–H groups in total. The van der Waals surface area contributed by atoms with Gasteiger partial charge in [0.05, 0.1) is 0 Å². The summed E-state index contributed by atoms with van der Waals surface area (Å²) in [7, 11) is 0. The van der Waals surface area contributed by atoms with Crippen LogP contribution in [0.15, 0.2) is 24.3 Å². The van der Waals surface area contributed by atoms with Crippen LogP contribution < -0.4 is 0 Å². The number of benzene rings is 1. The minimum atomic E-state index is -4.73. The quantitative estimate of drug-likeness (QED) is 0.493. The number of nitrogens with zero attached hydrogens (tertiary/aromatic N) is 5. The van der Waals surface area contributed by atoms with E-state index < -0.39 is 17.8 Å². The van der Waals surface area contributed by atoms with E-state index in [0.29, 0.717) is 15.6 Å². The topological polar surface area (TPSA) is 73.0 Å². The third kappa shape index (κ3) is 1.51. The lowest BCUT2D eigenvalue weighted by Gasteiger charge is -2.03. The summed E-state index contributed by atoms with van der Waals surface area (Å²) in [5.41, 5.74) is 0.990. The van der Waals surface area contributed by atoms with E-state index in [1.807, 2.05) is 0 Å². The van der Waals surface area contributed by atoms with Crippen molar-refractivity contribution < 1.29 is 18.0 Å². The highest BCUT2D eigenvalue weighted by molar-refractivity contribution is 6.19. The lowest BCUT2D eigenvalue weighted by atomic mass is 10.1. The summed E-state index contributed by atoms with van der Waals surface area (Å²) >= 11 is 0. The first-order valence-electron chi connectivity index (χ1n) is 5.81. The zero-order chi connectivity index (χ0) is 14.8. The van der Waals surface area contributed by atoms with Gasteiger partial charge in [0, 0.05) is 11.1 Å². The Kier molecular flexibility index (Phi) is 2.06. The van der Waals surface area contributed by atoms with Gasteiger partial charge in [0.2, 0.25) is 5.78 Å². The lowest BCUT2D eigenvalue weighted by molar-refractivity contribution is -0.146. The van der Waals surface area contributed by atoms with Gasteiger partial charge in [0.1, 0.15) is 5.69 Å². The first kappa shape index (κ1) is 11.9. The van der Waals surface area contributed by atoms with Gasteiger partial charge in [-0.15, -0.1) is 10.2 Å². The fourth-order valence-corrected chi connectivity index (χ4v) is 2.27. The molecule has 9 heteroatoms. The van der Waals surface area contributed by atoms with Crippen molar-refractivity contribution in [1.82, 2.24) is 24.8 Å². The molecule has 0 radical (unpaired) electrons. The number of fused-ring (bicyclic) bond motifs is 4. The Labute approximate surface area is 114 Å². The second-order valence-corrected chi connectivity index (χ2v) is 4.42. The minimum Gasteiger partial charge on any atom is -0.287 e. The van der Waals surface area contributed by atoms with E-state index in [9.17, 15) is 18.0 Å². The number of carbonyl (C=O) groups is 1. The predicted octanol–water partition coefficient (Wildman–Crippen LogP) is 1.75. The van der Waals surface area contributed by atoms with Crippen molar-refractivity contribution in [3.63, 3.8) is 0 Å².